The second kappa shape index (κ2) is 3.31. The summed E-state index contributed by atoms with van der Waals surface area (Å²) in [6.07, 6.45) is 6.18. The Kier molecular flexibility index (Phi) is 2.00. The molecule has 13 heavy (non-hydrogen) atoms. The summed E-state index contributed by atoms with van der Waals surface area (Å²) >= 11 is 0. The van der Waals surface area contributed by atoms with Crippen LogP contribution < -0.4 is 0 Å². The SMILES string of the molecule is Fc1ccncc1-c1cccnc1. The Balaban J connectivity index is 2.54. The van der Waals surface area contributed by atoms with Gasteiger partial charge in [-0.25, -0.2) is 4.39 Å². The zero-order valence-electron chi connectivity index (χ0n) is 6.81. The molecule has 2 rings (SSSR count). The van der Waals surface area contributed by atoms with Crippen molar-refractivity contribution in [2.75, 3.05) is 0 Å². The maximum Gasteiger partial charge on any atom is 0.134 e. The third-order valence-corrected chi connectivity index (χ3v) is 1.74. The maximum atomic E-state index is 13.2. The van der Waals surface area contributed by atoms with Crippen LogP contribution in [0.25, 0.3) is 11.1 Å². The fourth-order valence-electron chi connectivity index (χ4n) is 1.11. The van der Waals surface area contributed by atoms with E-state index in [2.05, 4.69) is 9.97 Å². The van der Waals surface area contributed by atoms with E-state index in [1.165, 1.54) is 18.5 Å². The second-order valence-corrected chi connectivity index (χ2v) is 2.60. The second-order valence-electron chi connectivity index (χ2n) is 2.60. The zero-order chi connectivity index (χ0) is 9.10. The molecule has 64 valence electrons. The molecule has 0 saturated heterocycles. The molecule has 0 unspecified atom stereocenters. The van der Waals surface area contributed by atoms with Gasteiger partial charge in [0.2, 0.25) is 0 Å². The standard InChI is InChI=1S/C10H7FN2/c11-10-3-5-13-7-9(10)8-2-1-4-12-6-8/h1-7H. The lowest BCUT2D eigenvalue weighted by molar-refractivity contribution is 0.629. The Hall–Kier alpha value is -1.77. The highest BCUT2D eigenvalue weighted by Gasteiger charge is 2.02. The highest BCUT2D eigenvalue weighted by atomic mass is 19.1. The fourth-order valence-corrected chi connectivity index (χ4v) is 1.11. The van der Waals surface area contributed by atoms with Crippen molar-refractivity contribution in [1.82, 2.24) is 9.97 Å². The summed E-state index contributed by atoms with van der Waals surface area (Å²) in [5, 5.41) is 0. The molecule has 0 fully saturated rings. The van der Waals surface area contributed by atoms with Crippen LogP contribution in [0.1, 0.15) is 0 Å². The van der Waals surface area contributed by atoms with Crippen LogP contribution in [0.2, 0.25) is 0 Å². The third-order valence-electron chi connectivity index (χ3n) is 1.74. The topological polar surface area (TPSA) is 25.8 Å². The predicted octanol–water partition coefficient (Wildman–Crippen LogP) is 2.28. The zero-order valence-corrected chi connectivity index (χ0v) is 6.81. The average molecular weight is 174 g/mol. The first-order valence-electron chi connectivity index (χ1n) is 3.88. The largest absolute Gasteiger partial charge is 0.264 e. The molecule has 2 aromatic heterocycles. The number of rotatable bonds is 1. The van der Waals surface area contributed by atoms with Gasteiger partial charge in [0.1, 0.15) is 5.82 Å². The van der Waals surface area contributed by atoms with E-state index in [1.54, 1.807) is 24.5 Å². The molecular formula is C10H7FN2. The third kappa shape index (κ3) is 1.54. The van der Waals surface area contributed by atoms with Gasteiger partial charge in [0.15, 0.2) is 0 Å². The number of aromatic nitrogens is 2. The molecule has 0 aliphatic carbocycles. The van der Waals surface area contributed by atoms with Crippen molar-refractivity contribution in [3.63, 3.8) is 0 Å². The summed E-state index contributed by atoms with van der Waals surface area (Å²) in [5.41, 5.74) is 1.23. The molecule has 3 heteroatoms. The van der Waals surface area contributed by atoms with Crippen molar-refractivity contribution in [3.8, 4) is 11.1 Å². The molecule has 2 nitrogen and oxygen atoms in total. The van der Waals surface area contributed by atoms with Crippen LogP contribution in [0.5, 0.6) is 0 Å². The summed E-state index contributed by atoms with van der Waals surface area (Å²) in [7, 11) is 0. The molecule has 0 N–H and O–H groups in total. The molecule has 0 bridgehead atoms. The minimum Gasteiger partial charge on any atom is -0.264 e. The Morgan fingerprint density at radius 3 is 2.54 bits per heavy atom. The predicted molar refractivity (Wildman–Crippen MR) is 47.4 cm³/mol. The summed E-state index contributed by atoms with van der Waals surface area (Å²) in [5.74, 6) is -0.275. The van der Waals surface area contributed by atoms with Crippen molar-refractivity contribution >= 4 is 0 Å². The molecule has 0 aliphatic rings. The van der Waals surface area contributed by atoms with Gasteiger partial charge in [-0.15, -0.1) is 0 Å². The number of nitrogens with zero attached hydrogens (tertiary/aromatic N) is 2. The number of hydrogen-bond donors (Lipinski definition) is 0. The van der Waals surface area contributed by atoms with E-state index in [1.807, 2.05) is 0 Å². The lowest BCUT2D eigenvalue weighted by atomic mass is 10.1. The first kappa shape index (κ1) is 7.86. The highest BCUT2D eigenvalue weighted by Crippen LogP contribution is 2.19. The van der Waals surface area contributed by atoms with Crippen LogP contribution in [0.4, 0.5) is 4.39 Å². The lowest BCUT2D eigenvalue weighted by Gasteiger charge is -2.00. The van der Waals surface area contributed by atoms with Crippen molar-refractivity contribution in [2.24, 2.45) is 0 Å². The molecular weight excluding hydrogens is 167 g/mol. The van der Waals surface area contributed by atoms with E-state index < -0.39 is 0 Å². The number of pyridine rings is 2. The van der Waals surface area contributed by atoms with Crippen molar-refractivity contribution in [1.29, 1.82) is 0 Å². The smallest absolute Gasteiger partial charge is 0.134 e. The van der Waals surface area contributed by atoms with Crippen molar-refractivity contribution in [3.05, 3.63) is 48.8 Å². The molecule has 0 saturated carbocycles. The van der Waals surface area contributed by atoms with Gasteiger partial charge in [-0.3, -0.25) is 9.97 Å². The molecule has 0 amide bonds. The number of halogens is 1. The Bertz CT molecular complexity index is 401. The van der Waals surface area contributed by atoms with E-state index in [-0.39, 0.29) is 5.82 Å². The summed E-state index contributed by atoms with van der Waals surface area (Å²) in [6.45, 7) is 0. The average Bonchev–Trinajstić information content (AvgIpc) is 2.20. The summed E-state index contributed by atoms with van der Waals surface area (Å²) in [6, 6.07) is 4.90. The molecule has 0 atom stereocenters. The van der Waals surface area contributed by atoms with Crippen LogP contribution in [0.3, 0.4) is 0 Å². The summed E-state index contributed by atoms with van der Waals surface area (Å²) < 4.78 is 13.2. The first-order valence-corrected chi connectivity index (χ1v) is 3.88. The van der Waals surface area contributed by atoms with Gasteiger partial charge in [-0.2, -0.15) is 0 Å². The summed E-state index contributed by atoms with van der Waals surface area (Å²) in [4.78, 5) is 7.76. The maximum absolute atomic E-state index is 13.2. The first-order chi connectivity index (χ1) is 6.38. The fraction of sp³-hybridized carbons (Fsp3) is 0. The van der Waals surface area contributed by atoms with Gasteiger partial charge < -0.3 is 0 Å². The Labute approximate surface area is 75.1 Å². The van der Waals surface area contributed by atoms with E-state index in [4.69, 9.17) is 0 Å². The van der Waals surface area contributed by atoms with Gasteiger partial charge >= 0.3 is 0 Å². The molecule has 0 spiro atoms. The van der Waals surface area contributed by atoms with Crippen LogP contribution in [0.15, 0.2) is 43.0 Å². The minimum absolute atomic E-state index is 0.275. The Morgan fingerprint density at radius 2 is 1.85 bits per heavy atom. The van der Waals surface area contributed by atoms with Gasteiger partial charge in [-0.1, -0.05) is 6.07 Å². The minimum atomic E-state index is -0.275. The normalized spacial score (nSPS) is 9.92. The molecule has 0 aromatic carbocycles. The van der Waals surface area contributed by atoms with Gasteiger partial charge in [0.05, 0.1) is 0 Å². The van der Waals surface area contributed by atoms with Crippen LogP contribution in [0, 0.1) is 5.82 Å². The van der Waals surface area contributed by atoms with Crippen LogP contribution >= 0.6 is 0 Å². The van der Waals surface area contributed by atoms with E-state index >= 15 is 0 Å². The van der Waals surface area contributed by atoms with Gasteiger partial charge in [-0.05, 0) is 12.1 Å². The highest BCUT2D eigenvalue weighted by molar-refractivity contribution is 5.61. The van der Waals surface area contributed by atoms with Crippen molar-refractivity contribution in [2.45, 2.75) is 0 Å². The molecule has 2 aromatic rings. The van der Waals surface area contributed by atoms with Crippen LogP contribution in [-0.2, 0) is 0 Å². The Morgan fingerprint density at radius 1 is 1.00 bits per heavy atom. The molecule has 0 radical (unpaired) electrons. The van der Waals surface area contributed by atoms with Crippen molar-refractivity contribution < 1.29 is 4.39 Å². The van der Waals surface area contributed by atoms with Gasteiger partial charge in [0, 0.05) is 35.9 Å². The monoisotopic (exact) mass is 174 g/mol. The molecule has 2 heterocycles. The number of hydrogen-bond acceptors (Lipinski definition) is 2. The van der Waals surface area contributed by atoms with Crippen LogP contribution in [-0.4, -0.2) is 9.97 Å². The lowest BCUT2D eigenvalue weighted by Crippen LogP contribution is -1.85. The van der Waals surface area contributed by atoms with Gasteiger partial charge in [0.25, 0.3) is 0 Å². The van der Waals surface area contributed by atoms with E-state index in [0.29, 0.717) is 5.56 Å². The van der Waals surface area contributed by atoms with E-state index in [9.17, 15) is 4.39 Å². The quantitative estimate of drug-likeness (QED) is 0.662. The van der Waals surface area contributed by atoms with E-state index in [0.717, 1.165) is 5.56 Å². The molecule has 0 aliphatic heterocycles.